The van der Waals surface area contributed by atoms with Crippen LogP contribution in [0.15, 0.2) is 18.5 Å². The van der Waals surface area contributed by atoms with Crippen LogP contribution in [0.25, 0.3) is 0 Å². The van der Waals surface area contributed by atoms with Gasteiger partial charge in [0, 0.05) is 25.5 Å². The molecule has 0 aromatic carbocycles. The third-order valence-corrected chi connectivity index (χ3v) is 5.06. The Morgan fingerprint density at radius 1 is 1.50 bits per heavy atom. The van der Waals surface area contributed by atoms with Crippen molar-refractivity contribution < 1.29 is 13.5 Å². The van der Waals surface area contributed by atoms with Gasteiger partial charge in [-0.25, -0.2) is 12.7 Å². The van der Waals surface area contributed by atoms with Gasteiger partial charge in [0.2, 0.25) is 10.0 Å². The summed E-state index contributed by atoms with van der Waals surface area (Å²) in [6, 6.07) is 1.93. The van der Waals surface area contributed by atoms with Gasteiger partial charge in [-0.3, -0.25) is 4.98 Å². The number of hydrogen-bond acceptors (Lipinski definition) is 4. The summed E-state index contributed by atoms with van der Waals surface area (Å²) in [6.45, 7) is 3.04. The van der Waals surface area contributed by atoms with Crippen molar-refractivity contribution in [2.24, 2.45) is 5.92 Å². The number of aliphatic hydroxyl groups is 1. The number of piperidine rings is 1. The van der Waals surface area contributed by atoms with Crippen molar-refractivity contribution >= 4 is 10.0 Å². The Hall–Kier alpha value is -0.980. The number of hydrogen-bond donors (Lipinski definition) is 1. The first-order chi connectivity index (χ1) is 9.36. The quantitative estimate of drug-likeness (QED) is 0.914. The Labute approximate surface area is 120 Å². The van der Waals surface area contributed by atoms with Gasteiger partial charge >= 0.3 is 0 Å². The fraction of sp³-hybridized carbons (Fsp3) is 0.643. The maximum Gasteiger partial charge on any atom is 0.211 e. The van der Waals surface area contributed by atoms with Gasteiger partial charge in [0.25, 0.3) is 0 Å². The molecular formula is C14H22N2O3S. The van der Waals surface area contributed by atoms with E-state index in [4.69, 9.17) is 0 Å². The van der Waals surface area contributed by atoms with Crippen molar-refractivity contribution in [3.63, 3.8) is 0 Å². The molecule has 0 spiro atoms. The molecule has 0 radical (unpaired) electrons. The highest BCUT2D eigenvalue weighted by Gasteiger charge is 2.27. The smallest absolute Gasteiger partial charge is 0.211 e. The van der Waals surface area contributed by atoms with Crippen molar-refractivity contribution in [1.82, 2.24) is 9.29 Å². The van der Waals surface area contributed by atoms with Crippen LogP contribution in [0, 0.1) is 12.8 Å². The van der Waals surface area contributed by atoms with Crippen molar-refractivity contribution in [2.45, 2.75) is 32.3 Å². The Morgan fingerprint density at radius 2 is 2.25 bits per heavy atom. The van der Waals surface area contributed by atoms with Crippen LogP contribution in [0.4, 0.5) is 0 Å². The van der Waals surface area contributed by atoms with Gasteiger partial charge in [-0.2, -0.15) is 0 Å². The first-order valence-corrected chi connectivity index (χ1v) is 8.76. The number of aliphatic hydroxyl groups excluding tert-OH is 1. The van der Waals surface area contributed by atoms with Crippen LogP contribution < -0.4 is 0 Å². The van der Waals surface area contributed by atoms with Gasteiger partial charge in [-0.15, -0.1) is 0 Å². The predicted octanol–water partition coefficient (Wildman–Crippen LogP) is 1.49. The van der Waals surface area contributed by atoms with Crippen molar-refractivity contribution in [3.05, 3.63) is 29.6 Å². The van der Waals surface area contributed by atoms with Crippen LogP contribution in [0.5, 0.6) is 0 Å². The highest BCUT2D eigenvalue weighted by atomic mass is 32.2. The molecule has 1 aliphatic rings. The summed E-state index contributed by atoms with van der Waals surface area (Å²) in [7, 11) is -3.13. The molecule has 6 heteroatoms. The van der Waals surface area contributed by atoms with E-state index >= 15 is 0 Å². The van der Waals surface area contributed by atoms with E-state index in [-0.39, 0.29) is 5.92 Å². The van der Waals surface area contributed by atoms with E-state index in [1.54, 1.807) is 12.4 Å². The van der Waals surface area contributed by atoms with Gasteiger partial charge < -0.3 is 5.11 Å². The Bertz CT molecular complexity index is 559. The van der Waals surface area contributed by atoms with Crippen LogP contribution in [-0.2, 0) is 10.0 Å². The van der Waals surface area contributed by atoms with Gasteiger partial charge in [-0.1, -0.05) is 6.07 Å². The molecule has 5 nitrogen and oxygen atoms in total. The highest BCUT2D eigenvalue weighted by Crippen LogP contribution is 2.28. The van der Waals surface area contributed by atoms with E-state index in [0.717, 1.165) is 24.0 Å². The zero-order chi connectivity index (χ0) is 14.8. The van der Waals surface area contributed by atoms with Crippen LogP contribution >= 0.6 is 0 Å². The molecule has 0 amide bonds. The summed E-state index contributed by atoms with van der Waals surface area (Å²) in [4.78, 5) is 4.09. The van der Waals surface area contributed by atoms with Crippen LogP contribution in [0.3, 0.4) is 0 Å². The number of aromatic nitrogens is 1. The molecule has 20 heavy (non-hydrogen) atoms. The number of rotatable bonds is 4. The zero-order valence-corrected chi connectivity index (χ0v) is 12.8. The molecule has 1 aromatic heterocycles. The molecule has 2 unspecified atom stereocenters. The molecule has 1 N–H and O–H groups in total. The SMILES string of the molecule is Cc1cncc(C(O)CC2CCCN(S(C)(=O)=O)C2)c1. The second kappa shape index (κ2) is 6.20. The minimum atomic E-state index is -3.13. The normalized spacial score (nSPS) is 22.6. The largest absolute Gasteiger partial charge is 0.388 e. The molecule has 2 rings (SSSR count). The van der Waals surface area contributed by atoms with E-state index in [2.05, 4.69) is 4.98 Å². The van der Waals surface area contributed by atoms with E-state index in [1.807, 2.05) is 13.0 Å². The van der Waals surface area contributed by atoms with Crippen LogP contribution in [0.2, 0.25) is 0 Å². The second-order valence-electron chi connectivity index (χ2n) is 5.68. The van der Waals surface area contributed by atoms with Gasteiger partial charge in [-0.05, 0) is 43.2 Å². The summed E-state index contributed by atoms with van der Waals surface area (Å²) in [5.41, 5.74) is 1.82. The molecular weight excluding hydrogens is 276 g/mol. The molecule has 1 fully saturated rings. The third kappa shape index (κ3) is 4.01. The molecule has 1 aliphatic heterocycles. The lowest BCUT2D eigenvalue weighted by Gasteiger charge is -2.32. The Morgan fingerprint density at radius 3 is 2.90 bits per heavy atom. The second-order valence-corrected chi connectivity index (χ2v) is 7.66. The summed E-state index contributed by atoms with van der Waals surface area (Å²) >= 11 is 0. The lowest BCUT2D eigenvalue weighted by molar-refractivity contribution is 0.122. The van der Waals surface area contributed by atoms with Crippen LogP contribution in [-0.4, -0.2) is 42.2 Å². The third-order valence-electron chi connectivity index (χ3n) is 3.79. The minimum absolute atomic E-state index is 0.203. The molecule has 0 saturated carbocycles. The summed E-state index contributed by atoms with van der Waals surface area (Å²) in [5, 5.41) is 10.3. The molecule has 1 aromatic rings. The molecule has 112 valence electrons. The van der Waals surface area contributed by atoms with Gasteiger partial charge in [0.05, 0.1) is 12.4 Å². The van der Waals surface area contributed by atoms with E-state index in [1.165, 1.54) is 10.6 Å². The Balaban J connectivity index is 1.99. The van der Waals surface area contributed by atoms with E-state index in [0.29, 0.717) is 19.5 Å². The number of sulfonamides is 1. The maximum absolute atomic E-state index is 11.6. The molecule has 1 saturated heterocycles. The van der Waals surface area contributed by atoms with E-state index < -0.39 is 16.1 Å². The monoisotopic (exact) mass is 298 g/mol. The van der Waals surface area contributed by atoms with Crippen molar-refractivity contribution in [3.8, 4) is 0 Å². The summed E-state index contributed by atoms with van der Waals surface area (Å²) in [5.74, 6) is 0.203. The number of aryl methyl sites for hydroxylation is 1. The number of pyridine rings is 1. The van der Waals surface area contributed by atoms with Crippen molar-refractivity contribution in [1.29, 1.82) is 0 Å². The van der Waals surface area contributed by atoms with Crippen molar-refractivity contribution in [2.75, 3.05) is 19.3 Å². The van der Waals surface area contributed by atoms with Gasteiger partial charge in [0.1, 0.15) is 0 Å². The lowest BCUT2D eigenvalue weighted by atomic mass is 9.91. The topological polar surface area (TPSA) is 70.5 Å². The summed E-state index contributed by atoms with van der Waals surface area (Å²) in [6.07, 6.45) is 6.50. The first kappa shape index (κ1) is 15.4. The average Bonchev–Trinajstić information content (AvgIpc) is 2.38. The molecule has 0 bridgehead atoms. The molecule has 2 heterocycles. The Kier molecular flexibility index (Phi) is 4.78. The van der Waals surface area contributed by atoms with Gasteiger partial charge in [0.15, 0.2) is 0 Å². The average molecular weight is 298 g/mol. The lowest BCUT2D eigenvalue weighted by Crippen LogP contribution is -2.39. The molecule has 0 aliphatic carbocycles. The highest BCUT2D eigenvalue weighted by molar-refractivity contribution is 7.88. The predicted molar refractivity (Wildman–Crippen MR) is 77.7 cm³/mol. The van der Waals surface area contributed by atoms with Crippen LogP contribution in [0.1, 0.15) is 36.5 Å². The minimum Gasteiger partial charge on any atom is -0.388 e. The fourth-order valence-electron chi connectivity index (χ4n) is 2.73. The van der Waals surface area contributed by atoms with E-state index in [9.17, 15) is 13.5 Å². The fourth-order valence-corrected chi connectivity index (χ4v) is 3.68. The standard InChI is InChI=1S/C14H22N2O3S/c1-11-6-13(9-15-8-11)14(17)7-12-4-3-5-16(10-12)20(2,18)19/h6,8-9,12,14,17H,3-5,7,10H2,1-2H3. The summed E-state index contributed by atoms with van der Waals surface area (Å²) < 4.78 is 24.7. The number of nitrogens with zero attached hydrogens (tertiary/aromatic N) is 2. The maximum atomic E-state index is 11.6. The molecule has 2 atom stereocenters. The zero-order valence-electron chi connectivity index (χ0n) is 12.0. The first-order valence-electron chi connectivity index (χ1n) is 6.91.